The number of benzene rings is 2. The molecule has 2 aromatic carbocycles. The lowest BCUT2D eigenvalue weighted by Crippen LogP contribution is -2.35. The number of para-hydroxylation sites is 1. The second-order valence-corrected chi connectivity index (χ2v) is 7.16. The zero-order valence-corrected chi connectivity index (χ0v) is 16.9. The van der Waals surface area contributed by atoms with Gasteiger partial charge < -0.3 is 9.64 Å². The van der Waals surface area contributed by atoms with Crippen molar-refractivity contribution in [1.29, 1.82) is 0 Å². The fourth-order valence-electron chi connectivity index (χ4n) is 3.28. The van der Waals surface area contributed by atoms with Crippen LogP contribution in [-0.4, -0.2) is 43.0 Å². The molecule has 1 aliphatic heterocycles. The molecular formula is C23H25FN2O3. The summed E-state index contributed by atoms with van der Waals surface area (Å²) in [4.78, 5) is 29.3. The number of amides is 2. The Morgan fingerprint density at radius 2 is 1.66 bits per heavy atom. The maximum absolute atomic E-state index is 13.4. The van der Waals surface area contributed by atoms with Crippen molar-refractivity contribution in [2.24, 2.45) is 0 Å². The van der Waals surface area contributed by atoms with Gasteiger partial charge in [0.1, 0.15) is 11.5 Å². The van der Waals surface area contributed by atoms with Crippen LogP contribution in [0.4, 0.5) is 10.1 Å². The summed E-state index contributed by atoms with van der Waals surface area (Å²) < 4.78 is 18.9. The van der Waals surface area contributed by atoms with E-state index in [1.165, 1.54) is 29.2 Å². The number of carbonyl (C=O) groups excluding carboxylic acids is 2. The van der Waals surface area contributed by atoms with Crippen molar-refractivity contribution in [1.82, 2.24) is 4.90 Å². The smallest absolute Gasteiger partial charge is 0.278 e. The van der Waals surface area contributed by atoms with Gasteiger partial charge in [-0.15, -0.1) is 0 Å². The van der Waals surface area contributed by atoms with Crippen molar-refractivity contribution in [2.75, 3.05) is 25.1 Å². The summed E-state index contributed by atoms with van der Waals surface area (Å²) in [7, 11) is 1.75. The molecule has 0 aliphatic carbocycles. The number of nitrogens with zero attached hydrogens (tertiary/aromatic N) is 2. The topological polar surface area (TPSA) is 49.9 Å². The number of hydrogen-bond donors (Lipinski definition) is 0. The van der Waals surface area contributed by atoms with Gasteiger partial charge in [-0.1, -0.05) is 30.3 Å². The molecule has 0 fully saturated rings. The summed E-state index contributed by atoms with van der Waals surface area (Å²) in [5.41, 5.74) is 1.88. The van der Waals surface area contributed by atoms with E-state index in [9.17, 15) is 14.0 Å². The van der Waals surface area contributed by atoms with Gasteiger partial charge in [-0.3, -0.25) is 14.5 Å². The lowest BCUT2D eigenvalue weighted by Gasteiger charge is -2.21. The molecule has 152 valence electrons. The Bertz CT molecular complexity index is 907. The first-order valence-electron chi connectivity index (χ1n) is 9.67. The van der Waals surface area contributed by atoms with Crippen LogP contribution >= 0.6 is 0 Å². The molecule has 3 rings (SSSR count). The Balaban J connectivity index is 1.94. The molecule has 1 aliphatic rings. The molecule has 0 saturated heterocycles. The van der Waals surface area contributed by atoms with Crippen molar-refractivity contribution in [3.8, 4) is 0 Å². The monoisotopic (exact) mass is 396 g/mol. The predicted octanol–water partition coefficient (Wildman–Crippen LogP) is 3.86. The number of carbonyl (C=O) groups is 2. The Morgan fingerprint density at radius 1 is 1.00 bits per heavy atom. The predicted molar refractivity (Wildman–Crippen MR) is 111 cm³/mol. The highest BCUT2D eigenvalue weighted by molar-refractivity contribution is 6.36. The molecule has 0 atom stereocenters. The van der Waals surface area contributed by atoms with Crippen LogP contribution in [0.3, 0.4) is 0 Å². The number of hydrogen-bond acceptors (Lipinski definition) is 4. The highest BCUT2D eigenvalue weighted by Crippen LogP contribution is 2.33. The van der Waals surface area contributed by atoms with Crippen LogP contribution < -0.4 is 4.90 Å². The highest BCUT2D eigenvalue weighted by Gasteiger charge is 2.40. The van der Waals surface area contributed by atoms with Gasteiger partial charge in [0.2, 0.25) is 0 Å². The van der Waals surface area contributed by atoms with Gasteiger partial charge in [0.25, 0.3) is 11.8 Å². The largest absolute Gasteiger partial charge is 0.379 e. The first-order chi connectivity index (χ1) is 13.9. The third kappa shape index (κ3) is 4.54. The summed E-state index contributed by atoms with van der Waals surface area (Å²) in [5.74, 6) is -1.12. The van der Waals surface area contributed by atoms with Gasteiger partial charge in [0, 0.05) is 25.9 Å². The molecule has 0 unspecified atom stereocenters. The molecule has 0 radical (unpaired) electrons. The van der Waals surface area contributed by atoms with Gasteiger partial charge in [-0.05, 0) is 50.1 Å². The molecule has 2 aromatic rings. The summed E-state index contributed by atoms with van der Waals surface area (Å²) in [6, 6.07) is 15.0. The number of ether oxygens (including phenoxy) is 1. The third-order valence-corrected chi connectivity index (χ3v) is 4.73. The maximum Gasteiger partial charge on any atom is 0.278 e. The Morgan fingerprint density at radius 3 is 2.28 bits per heavy atom. The Kier molecular flexibility index (Phi) is 6.44. The van der Waals surface area contributed by atoms with Crippen LogP contribution in [0.5, 0.6) is 0 Å². The van der Waals surface area contributed by atoms with Crippen LogP contribution in [0.1, 0.15) is 25.8 Å². The highest BCUT2D eigenvalue weighted by atomic mass is 19.1. The maximum atomic E-state index is 13.4. The van der Waals surface area contributed by atoms with E-state index in [4.69, 9.17) is 4.74 Å². The molecule has 6 heteroatoms. The molecule has 5 nitrogen and oxygen atoms in total. The lowest BCUT2D eigenvalue weighted by molar-refractivity contribution is -0.137. The van der Waals surface area contributed by atoms with Gasteiger partial charge in [0.05, 0.1) is 11.7 Å². The van der Waals surface area contributed by atoms with Crippen molar-refractivity contribution in [3.05, 3.63) is 71.7 Å². The summed E-state index contributed by atoms with van der Waals surface area (Å²) in [6.45, 7) is 4.60. The third-order valence-electron chi connectivity index (χ3n) is 4.73. The van der Waals surface area contributed by atoms with Crippen LogP contribution in [-0.2, 0) is 14.3 Å². The van der Waals surface area contributed by atoms with Gasteiger partial charge in [-0.25, -0.2) is 4.39 Å². The zero-order valence-electron chi connectivity index (χ0n) is 16.9. The number of likely N-dealkylation sites (N-methyl/N-ethyl adjacent to an activating group) is 1. The normalized spacial score (nSPS) is 14.3. The van der Waals surface area contributed by atoms with Crippen LogP contribution in [0, 0.1) is 5.82 Å². The Hall–Kier alpha value is -2.99. The first kappa shape index (κ1) is 20.7. The molecule has 29 heavy (non-hydrogen) atoms. The lowest BCUT2D eigenvalue weighted by atomic mass is 10.0. The molecule has 2 amide bonds. The van der Waals surface area contributed by atoms with Crippen molar-refractivity contribution >= 4 is 23.1 Å². The van der Waals surface area contributed by atoms with Crippen LogP contribution in [0.25, 0.3) is 5.57 Å². The van der Waals surface area contributed by atoms with Crippen molar-refractivity contribution in [3.63, 3.8) is 0 Å². The fraction of sp³-hybridized carbons (Fsp3) is 0.304. The average molecular weight is 396 g/mol. The number of halogens is 1. The minimum atomic E-state index is -0.397. The molecule has 0 spiro atoms. The fourth-order valence-corrected chi connectivity index (χ4v) is 3.28. The minimum absolute atomic E-state index is 0.0904. The SMILES string of the molecule is CC(C)OCCCN1C(=O)C(c2ccc(F)cc2)=C(N(C)c2ccccc2)C1=O. The number of imide groups is 1. The number of rotatable bonds is 8. The van der Waals surface area contributed by atoms with E-state index in [1.807, 2.05) is 44.2 Å². The summed E-state index contributed by atoms with van der Waals surface area (Å²) in [5, 5.41) is 0. The van der Waals surface area contributed by atoms with Gasteiger partial charge in [0.15, 0.2) is 0 Å². The van der Waals surface area contributed by atoms with E-state index < -0.39 is 5.82 Å². The van der Waals surface area contributed by atoms with E-state index in [0.29, 0.717) is 18.6 Å². The molecule has 0 N–H and O–H groups in total. The molecule has 0 bridgehead atoms. The van der Waals surface area contributed by atoms with E-state index in [1.54, 1.807) is 11.9 Å². The van der Waals surface area contributed by atoms with E-state index >= 15 is 0 Å². The summed E-state index contributed by atoms with van der Waals surface area (Å²) in [6.07, 6.45) is 0.641. The molecule has 0 saturated carbocycles. The second-order valence-electron chi connectivity index (χ2n) is 7.16. The molecule has 0 aromatic heterocycles. The zero-order chi connectivity index (χ0) is 21.0. The average Bonchev–Trinajstić information content (AvgIpc) is 2.96. The summed E-state index contributed by atoms with van der Waals surface area (Å²) >= 11 is 0. The van der Waals surface area contributed by atoms with Crippen LogP contribution in [0.2, 0.25) is 0 Å². The van der Waals surface area contributed by atoms with E-state index in [0.717, 1.165) is 5.69 Å². The molecular weight excluding hydrogens is 371 g/mol. The van der Waals surface area contributed by atoms with Crippen LogP contribution in [0.15, 0.2) is 60.3 Å². The number of anilines is 1. The molecule has 1 heterocycles. The van der Waals surface area contributed by atoms with E-state index in [2.05, 4.69) is 0 Å². The van der Waals surface area contributed by atoms with Crippen molar-refractivity contribution < 1.29 is 18.7 Å². The standard InChI is InChI=1S/C23H25FN2O3/c1-16(2)29-15-7-14-26-22(27)20(17-10-12-18(24)13-11-17)21(23(26)28)25(3)19-8-5-4-6-9-19/h4-6,8-13,16H,7,14-15H2,1-3H3. The minimum Gasteiger partial charge on any atom is -0.379 e. The van der Waals surface area contributed by atoms with Crippen molar-refractivity contribution in [2.45, 2.75) is 26.4 Å². The van der Waals surface area contributed by atoms with Gasteiger partial charge >= 0.3 is 0 Å². The second kappa shape index (κ2) is 9.01. The van der Waals surface area contributed by atoms with Gasteiger partial charge in [-0.2, -0.15) is 0 Å². The Labute approximate surface area is 170 Å². The quantitative estimate of drug-likeness (QED) is 0.502. The first-order valence-corrected chi connectivity index (χ1v) is 9.67. The van der Waals surface area contributed by atoms with E-state index in [-0.39, 0.29) is 35.7 Å².